The van der Waals surface area contributed by atoms with Gasteiger partial charge in [0.1, 0.15) is 0 Å². The minimum Gasteiger partial charge on any atom is -0.312 e. The number of amides is 1. The average Bonchev–Trinajstić information content (AvgIpc) is 2.59. The summed E-state index contributed by atoms with van der Waals surface area (Å²) in [5, 5.41) is 9.25. The number of hydrogen-bond donors (Lipinski definition) is 0. The van der Waals surface area contributed by atoms with Gasteiger partial charge in [0, 0.05) is 12.2 Å². The molecule has 0 saturated heterocycles. The fourth-order valence-electron chi connectivity index (χ4n) is 3.11. The highest BCUT2D eigenvalue weighted by Crippen LogP contribution is 2.47. The molecule has 0 radical (unpaired) electrons. The number of nitrogens with zero attached hydrogens (tertiary/aromatic N) is 2. The molecule has 0 fully saturated rings. The molecule has 1 aromatic carbocycles. The van der Waals surface area contributed by atoms with Crippen LogP contribution in [0.2, 0.25) is 0 Å². The molecule has 0 saturated carbocycles. The first kappa shape index (κ1) is 13.6. The Morgan fingerprint density at radius 3 is 2.58 bits per heavy atom. The summed E-state index contributed by atoms with van der Waals surface area (Å²) in [4.78, 5) is 14.5. The minimum atomic E-state index is -0.591. The van der Waals surface area contributed by atoms with Crippen molar-refractivity contribution in [3.05, 3.63) is 29.8 Å². The van der Waals surface area contributed by atoms with Crippen LogP contribution in [0.5, 0.6) is 0 Å². The van der Waals surface area contributed by atoms with Crippen LogP contribution in [0.3, 0.4) is 0 Å². The number of fused-ring (bicyclic) bond motifs is 1. The number of likely N-dealkylation sites (N-methyl/N-ethyl adjacent to an activating group) is 1. The summed E-state index contributed by atoms with van der Waals surface area (Å²) in [6, 6.07) is 10.2. The summed E-state index contributed by atoms with van der Waals surface area (Å²) in [6.45, 7) is 8.39. The third-order valence-corrected chi connectivity index (χ3v) is 3.92. The molecule has 0 aliphatic carbocycles. The third-order valence-electron chi connectivity index (χ3n) is 3.92. The summed E-state index contributed by atoms with van der Waals surface area (Å²) in [5.41, 5.74) is 0.934. The average molecular weight is 256 g/mol. The molecular weight excluding hydrogens is 236 g/mol. The van der Waals surface area contributed by atoms with E-state index in [0.29, 0.717) is 13.0 Å². The summed E-state index contributed by atoms with van der Waals surface area (Å²) < 4.78 is 0. The molecule has 19 heavy (non-hydrogen) atoms. The van der Waals surface area contributed by atoms with Crippen LogP contribution in [-0.4, -0.2) is 12.5 Å². The molecule has 100 valence electrons. The zero-order valence-corrected chi connectivity index (χ0v) is 12.0. The molecule has 1 atom stereocenters. The van der Waals surface area contributed by atoms with Crippen molar-refractivity contribution < 1.29 is 4.79 Å². The topological polar surface area (TPSA) is 44.1 Å². The molecule has 1 aliphatic rings. The summed E-state index contributed by atoms with van der Waals surface area (Å²) in [6.07, 6.45) is 0.544. The number of carbonyl (C=O) groups is 1. The Morgan fingerprint density at radius 2 is 2.00 bits per heavy atom. The van der Waals surface area contributed by atoms with Crippen molar-refractivity contribution >= 4 is 11.6 Å². The Balaban J connectivity index is 2.53. The molecule has 0 N–H and O–H groups in total. The van der Waals surface area contributed by atoms with Crippen molar-refractivity contribution in [2.45, 2.75) is 39.5 Å². The van der Waals surface area contributed by atoms with Gasteiger partial charge in [-0.15, -0.1) is 0 Å². The van der Waals surface area contributed by atoms with Gasteiger partial charge in [-0.3, -0.25) is 4.79 Å². The van der Waals surface area contributed by atoms with Crippen LogP contribution in [0.1, 0.15) is 39.7 Å². The number of nitriles is 1. The van der Waals surface area contributed by atoms with Gasteiger partial charge in [0.05, 0.1) is 16.9 Å². The standard InChI is InChI=1S/C16H20N2O/c1-5-18-13-9-7-6-8-12(13)16(4,14(18)19)10-15(2,3)11-17/h6-9H,5,10H2,1-4H3. The normalized spacial score (nSPS) is 22.3. The number of anilines is 1. The van der Waals surface area contributed by atoms with Crippen molar-refractivity contribution in [1.29, 1.82) is 5.26 Å². The van der Waals surface area contributed by atoms with E-state index in [1.54, 1.807) is 0 Å². The van der Waals surface area contributed by atoms with Crippen LogP contribution >= 0.6 is 0 Å². The quantitative estimate of drug-likeness (QED) is 0.833. The highest BCUT2D eigenvalue weighted by atomic mass is 16.2. The highest BCUT2D eigenvalue weighted by Gasteiger charge is 2.49. The number of carbonyl (C=O) groups excluding carboxylic acids is 1. The van der Waals surface area contributed by atoms with Gasteiger partial charge in [0.15, 0.2) is 0 Å². The molecule has 1 heterocycles. The zero-order valence-electron chi connectivity index (χ0n) is 12.0. The summed E-state index contributed by atoms with van der Waals surface area (Å²) in [7, 11) is 0. The largest absolute Gasteiger partial charge is 0.312 e. The van der Waals surface area contributed by atoms with E-state index in [1.807, 2.05) is 56.9 Å². The second-order valence-corrected chi connectivity index (χ2v) is 6.07. The number of benzene rings is 1. The van der Waals surface area contributed by atoms with Crippen molar-refractivity contribution in [2.24, 2.45) is 5.41 Å². The van der Waals surface area contributed by atoms with E-state index in [9.17, 15) is 10.1 Å². The van der Waals surface area contributed by atoms with Gasteiger partial charge in [0.2, 0.25) is 5.91 Å². The maximum Gasteiger partial charge on any atom is 0.237 e. The lowest BCUT2D eigenvalue weighted by atomic mass is 9.71. The first-order valence-electron chi connectivity index (χ1n) is 6.68. The Labute approximate surface area is 114 Å². The van der Waals surface area contributed by atoms with Crippen LogP contribution in [0.4, 0.5) is 5.69 Å². The van der Waals surface area contributed by atoms with Gasteiger partial charge in [-0.2, -0.15) is 5.26 Å². The van der Waals surface area contributed by atoms with Crippen LogP contribution in [0.15, 0.2) is 24.3 Å². The first-order chi connectivity index (χ1) is 8.85. The summed E-state index contributed by atoms with van der Waals surface area (Å²) >= 11 is 0. The Kier molecular flexibility index (Phi) is 3.14. The van der Waals surface area contributed by atoms with Crippen molar-refractivity contribution in [2.75, 3.05) is 11.4 Å². The molecule has 1 unspecified atom stereocenters. The Hall–Kier alpha value is -1.82. The van der Waals surface area contributed by atoms with Crippen molar-refractivity contribution in [3.63, 3.8) is 0 Å². The lowest BCUT2D eigenvalue weighted by Gasteiger charge is -2.29. The predicted molar refractivity (Wildman–Crippen MR) is 75.8 cm³/mol. The fraction of sp³-hybridized carbons (Fsp3) is 0.500. The molecular formula is C16H20N2O. The lowest BCUT2D eigenvalue weighted by molar-refractivity contribution is -0.123. The van der Waals surface area contributed by atoms with E-state index in [2.05, 4.69) is 6.07 Å². The van der Waals surface area contributed by atoms with Crippen molar-refractivity contribution in [3.8, 4) is 6.07 Å². The SMILES string of the molecule is CCN1C(=O)C(C)(CC(C)(C)C#N)c2ccccc21. The molecule has 1 aliphatic heterocycles. The van der Waals surface area contributed by atoms with Gasteiger partial charge < -0.3 is 4.90 Å². The molecule has 3 nitrogen and oxygen atoms in total. The van der Waals surface area contributed by atoms with Gasteiger partial charge in [-0.05, 0) is 45.7 Å². The van der Waals surface area contributed by atoms with E-state index in [4.69, 9.17) is 0 Å². The first-order valence-corrected chi connectivity index (χ1v) is 6.68. The van der Waals surface area contributed by atoms with E-state index >= 15 is 0 Å². The van der Waals surface area contributed by atoms with Gasteiger partial charge >= 0.3 is 0 Å². The number of hydrogen-bond acceptors (Lipinski definition) is 2. The highest BCUT2D eigenvalue weighted by molar-refractivity contribution is 6.07. The predicted octanol–water partition coefficient (Wildman–Crippen LogP) is 3.25. The third kappa shape index (κ3) is 2.02. The van der Waals surface area contributed by atoms with Gasteiger partial charge in [-0.1, -0.05) is 18.2 Å². The number of rotatable bonds is 3. The fourth-order valence-corrected chi connectivity index (χ4v) is 3.11. The van der Waals surface area contributed by atoms with Crippen LogP contribution in [-0.2, 0) is 10.2 Å². The van der Waals surface area contributed by atoms with E-state index < -0.39 is 10.8 Å². The molecule has 0 spiro atoms. The summed E-state index contributed by atoms with van der Waals surface area (Å²) in [5.74, 6) is 0.111. The maximum absolute atomic E-state index is 12.7. The Morgan fingerprint density at radius 1 is 1.37 bits per heavy atom. The molecule has 0 bridgehead atoms. The van der Waals surface area contributed by atoms with Gasteiger partial charge in [-0.25, -0.2) is 0 Å². The smallest absolute Gasteiger partial charge is 0.237 e. The zero-order chi connectivity index (χ0) is 14.3. The number of para-hydroxylation sites is 1. The minimum absolute atomic E-state index is 0.111. The van der Waals surface area contributed by atoms with Crippen molar-refractivity contribution in [1.82, 2.24) is 0 Å². The Bertz CT molecular complexity index is 556. The van der Waals surface area contributed by atoms with Crippen LogP contribution in [0.25, 0.3) is 0 Å². The lowest BCUT2D eigenvalue weighted by Crippen LogP contribution is -2.40. The molecule has 1 aromatic rings. The van der Waals surface area contributed by atoms with Crippen LogP contribution in [0, 0.1) is 16.7 Å². The van der Waals surface area contributed by atoms with Crippen LogP contribution < -0.4 is 4.90 Å². The monoisotopic (exact) mass is 256 g/mol. The van der Waals surface area contributed by atoms with E-state index in [-0.39, 0.29) is 5.91 Å². The molecule has 1 amide bonds. The second kappa shape index (κ2) is 4.38. The second-order valence-electron chi connectivity index (χ2n) is 6.07. The molecule has 2 rings (SSSR count). The van der Waals surface area contributed by atoms with E-state index in [1.165, 1.54) is 0 Å². The molecule has 0 aromatic heterocycles. The van der Waals surface area contributed by atoms with Gasteiger partial charge in [0.25, 0.3) is 0 Å². The van der Waals surface area contributed by atoms with E-state index in [0.717, 1.165) is 11.3 Å². The molecule has 3 heteroatoms. The maximum atomic E-state index is 12.7.